The number of fused-ring (bicyclic) bond motifs is 2. The summed E-state index contributed by atoms with van der Waals surface area (Å²) < 4.78 is 7.23. The molecule has 2 aliphatic heterocycles. The lowest BCUT2D eigenvalue weighted by molar-refractivity contribution is -0.613. The molecule has 1 aliphatic carbocycles. The quantitative estimate of drug-likeness (QED) is 0.600. The van der Waals surface area contributed by atoms with Crippen LogP contribution in [0.4, 0.5) is 0 Å². The number of hydrogen-bond acceptors (Lipinski definition) is 4. The largest absolute Gasteiger partial charge is 0.710 e. The molecule has 1 aromatic carbocycles. The van der Waals surface area contributed by atoms with E-state index in [0.717, 1.165) is 34.4 Å². The standard InChI is InChI=1S/C18H21N3O2/c1-11-5-7-12(8-6-11)16-20-19-15-14(21(16)22)13-9-10-18(15,4)23-17(13,2)3/h5-8,13H,9-10H2,1-4H3. The molecule has 0 N–H and O–H groups in total. The Morgan fingerprint density at radius 2 is 1.87 bits per heavy atom. The summed E-state index contributed by atoms with van der Waals surface area (Å²) in [5, 5.41) is 21.7. The molecular weight excluding hydrogens is 290 g/mol. The summed E-state index contributed by atoms with van der Waals surface area (Å²) in [4.78, 5) is 0. The minimum atomic E-state index is -0.515. The predicted molar refractivity (Wildman–Crippen MR) is 85.7 cm³/mol. The van der Waals surface area contributed by atoms with E-state index in [0.29, 0.717) is 11.5 Å². The normalized spacial score (nSPS) is 27.7. The highest BCUT2D eigenvalue weighted by Gasteiger charge is 2.56. The van der Waals surface area contributed by atoms with Crippen LogP contribution >= 0.6 is 0 Å². The van der Waals surface area contributed by atoms with Crippen LogP contribution in [-0.2, 0) is 10.3 Å². The van der Waals surface area contributed by atoms with Crippen molar-refractivity contribution in [2.75, 3.05) is 0 Å². The molecule has 0 spiro atoms. The number of nitrogens with zero attached hydrogens (tertiary/aromatic N) is 3. The average molecular weight is 311 g/mol. The van der Waals surface area contributed by atoms with Gasteiger partial charge in [0.05, 0.1) is 22.2 Å². The summed E-state index contributed by atoms with van der Waals surface area (Å²) in [5.41, 5.74) is 2.52. The molecule has 0 saturated carbocycles. The molecule has 23 heavy (non-hydrogen) atoms. The summed E-state index contributed by atoms with van der Waals surface area (Å²) in [7, 11) is 0. The van der Waals surface area contributed by atoms with Gasteiger partial charge in [-0.1, -0.05) is 17.7 Å². The molecule has 3 heterocycles. The second-order valence-corrected chi connectivity index (χ2v) is 7.45. The van der Waals surface area contributed by atoms with E-state index in [4.69, 9.17) is 4.74 Å². The Balaban J connectivity index is 1.93. The second-order valence-electron chi connectivity index (χ2n) is 7.45. The molecule has 5 nitrogen and oxygen atoms in total. The van der Waals surface area contributed by atoms with E-state index in [1.807, 2.05) is 38.1 Å². The van der Waals surface area contributed by atoms with E-state index in [-0.39, 0.29) is 11.5 Å². The predicted octanol–water partition coefficient (Wildman–Crippen LogP) is 2.99. The van der Waals surface area contributed by atoms with Gasteiger partial charge in [0.25, 0.3) is 0 Å². The summed E-state index contributed by atoms with van der Waals surface area (Å²) in [6.07, 6.45) is 1.82. The zero-order chi connectivity index (χ0) is 16.4. The summed E-state index contributed by atoms with van der Waals surface area (Å²) in [5.74, 6) is 0.423. The van der Waals surface area contributed by atoms with Crippen molar-refractivity contribution in [2.45, 2.75) is 57.7 Å². The number of hydrogen-bond donors (Lipinski definition) is 0. The molecule has 2 unspecified atom stereocenters. The molecular formula is C18H21N3O2. The maximum Gasteiger partial charge on any atom is 0.361 e. The van der Waals surface area contributed by atoms with Gasteiger partial charge in [-0.25, -0.2) is 4.73 Å². The van der Waals surface area contributed by atoms with Crippen molar-refractivity contribution in [3.05, 3.63) is 46.4 Å². The second kappa shape index (κ2) is 4.51. The van der Waals surface area contributed by atoms with Crippen LogP contribution in [0.3, 0.4) is 0 Å². The Morgan fingerprint density at radius 3 is 2.52 bits per heavy atom. The van der Waals surface area contributed by atoms with Crippen LogP contribution in [0.15, 0.2) is 24.3 Å². The Labute approximate surface area is 135 Å². The summed E-state index contributed by atoms with van der Waals surface area (Å²) in [6, 6.07) is 7.81. The first-order valence-electron chi connectivity index (χ1n) is 8.10. The van der Waals surface area contributed by atoms with Gasteiger partial charge in [0.1, 0.15) is 11.3 Å². The highest BCUT2D eigenvalue weighted by atomic mass is 16.5. The zero-order valence-corrected chi connectivity index (χ0v) is 14.0. The highest BCUT2D eigenvalue weighted by molar-refractivity contribution is 5.52. The molecule has 5 rings (SSSR count). The molecule has 2 bridgehead atoms. The van der Waals surface area contributed by atoms with Crippen LogP contribution in [-0.4, -0.2) is 15.8 Å². The van der Waals surface area contributed by atoms with E-state index >= 15 is 0 Å². The maximum absolute atomic E-state index is 13.1. The van der Waals surface area contributed by atoms with Gasteiger partial charge in [0, 0.05) is 0 Å². The van der Waals surface area contributed by atoms with Gasteiger partial charge in [-0.3, -0.25) is 0 Å². The number of rotatable bonds is 1. The van der Waals surface area contributed by atoms with Crippen LogP contribution in [0.2, 0.25) is 0 Å². The summed E-state index contributed by atoms with van der Waals surface area (Å²) in [6.45, 7) is 8.16. The Kier molecular flexibility index (Phi) is 2.86. The molecule has 2 atom stereocenters. The van der Waals surface area contributed by atoms with E-state index in [1.54, 1.807) is 0 Å². The highest BCUT2D eigenvalue weighted by Crippen LogP contribution is 2.54. The fourth-order valence-electron chi connectivity index (χ4n) is 4.06. The molecule has 2 aromatic rings. The van der Waals surface area contributed by atoms with Crippen molar-refractivity contribution >= 4 is 0 Å². The first-order valence-corrected chi connectivity index (χ1v) is 8.10. The van der Waals surface area contributed by atoms with Gasteiger partial charge in [-0.05, 0) is 57.8 Å². The van der Waals surface area contributed by atoms with E-state index in [9.17, 15) is 5.21 Å². The SMILES string of the molecule is Cc1ccc(-c2nnc3c([n+]2[O-])C2CCC3(C)OC2(C)C)cc1. The van der Waals surface area contributed by atoms with Crippen LogP contribution < -0.4 is 4.73 Å². The van der Waals surface area contributed by atoms with Gasteiger partial charge < -0.3 is 9.94 Å². The number of aromatic nitrogens is 3. The van der Waals surface area contributed by atoms with Crippen molar-refractivity contribution in [1.82, 2.24) is 10.2 Å². The molecule has 1 aromatic heterocycles. The molecule has 120 valence electrons. The van der Waals surface area contributed by atoms with Crippen LogP contribution in [0.5, 0.6) is 0 Å². The number of ether oxygens (including phenoxy) is 1. The Hall–Kier alpha value is -2.01. The van der Waals surface area contributed by atoms with Crippen molar-refractivity contribution in [3.8, 4) is 11.4 Å². The zero-order valence-electron chi connectivity index (χ0n) is 14.0. The lowest BCUT2D eigenvalue weighted by atomic mass is 9.69. The van der Waals surface area contributed by atoms with E-state index in [2.05, 4.69) is 24.0 Å². The summed E-state index contributed by atoms with van der Waals surface area (Å²) >= 11 is 0. The third-order valence-corrected chi connectivity index (χ3v) is 5.28. The van der Waals surface area contributed by atoms with E-state index < -0.39 is 5.60 Å². The molecule has 0 amide bonds. The van der Waals surface area contributed by atoms with Gasteiger partial charge in [-0.2, -0.15) is 0 Å². The lowest BCUT2D eigenvalue weighted by Crippen LogP contribution is -2.58. The molecule has 0 radical (unpaired) electrons. The van der Waals surface area contributed by atoms with Crippen molar-refractivity contribution in [2.24, 2.45) is 0 Å². The van der Waals surface area contributed by atoms with Crippen molar-refractivity contribution < 1.29 is 9.47 Å². The maximum atomic E-state index is 13.1. The lowest BCUT2D eigenvalue weighted by Gasteiger charge is -2.52. The van der Waals surface area contributed by atoms with Gasteiger partial charge in [-0.15, -0.1) is 0 Å². The van der Waals surface area contributed by atoms with Gasteiger partial charge in [0.15, 0.2) is 5.69 Å². The third kappa shape index (κ3) is 1.99. The number of aryl methyl sites for hydroxylation is 1. The minimum absolute atomic E-state index is 0.0523. The number of benzene rings is 1. The van der Waals surface area contributed by atoms with Gasteiger partial charge in [0.2, 0.25) is 0 Å². The Morgan fingerprint density at radius 1 is 1.17 bits per heavy atom. The molecule has 3 aliphatic rings. The molecule has 1 fully saturated rings. The Bertz CT molecular complexity index is 786. The van der Waals surface area contributed by atoms with Crippen LogP contribution in [0, 0.1) is 12.1 Å². The van der Waals surface area contributed by atoms with Crippen molar-refractivity contribution in [3.63, 3.8) is 0 Å². The smallest absolute Gasteiger partial charge is 0.361 e. The van der Waals surface area contributed by atoms with Crippen LogP contribution in [0.1, 0.15) is 56.5 Å². The average Bonchev–Trinajstić information content (AvgIpc) is 2.48. The van der Waals surface area contributed by atoms with Crippen molar-refractivity contribution in [1.29, 1.82) is 0 Å². The van der Waals surface area contributed by atoms with E-state index in [1.165, 1.54) is 0 Å². The topological polar surface area (TPSA) is 62.0 Å². The third-order valence-electron chi connectivity index (χ3n) is 5.28. The first-order chi connectivity index (χ1) is 10.8. The molecule has 1 saturated heterocycles. The fraction of sp³-hybridized carbons (Fsp3) is 0.500. The molecule has 5 heteroatoms. The minimum Gasteiger partial charge on any atom is -0.710 e. The monoisotopic (exact) mass is 311 g/mol. The van der Waals surface area contributed by atoms with Crippen LogP contribution in [0.25, 0.3) is 11.4 Å². The first kappa shape index (κ1) is 14.6. The fourth-order valence-corrected chi connectivity index (χ4v) is 4.06. The van der Waals surface area contributed by atoms with Gasteiger partial charge >= 0.3 is 5.82 Å².